The first-order chi connectivity index (χ1) is 11.2. The van der Waals surface area contributed by atoms with Crippen LogP contribution in [0.25, 0.3) is 0 Å². The molecule has 136 valence electrons. The molecule has 1 heterocycles. The van der Waals surface area contributed by atoms with Crippen molar-refractivity contribution >= 4 is 5.96 Å². The first-order valence-corrected chi connectivity index (χ1v) is 8.94. The predicted molar refractivity (Wildman–Crippen MR) is 94.0 cm³/mol. The van der Waals surface area contributed by atoms with Crippen LogP contribution in [0, 0.1) is 5.92 Å². The van der Waals surface area contributed by atoms with E-state index in [1.54, 1.807) is 7.05 Å². The molecule has 0 aromatic rings. The van der Waals surface area contributed by atoms with Crippen LogP contribution in [0.1, 0.15) is 39.5 Å². The van der Waals surface area contributed by atoms with E-state index in [-0.39, 0.29) is 0 Å². The molecule has 1 fully saturated rings. The van der Waals surface area contributed by atoms with E-state index in [2.05, 4.69) is 29.5 Å². The lowest BCUT2D eigenvalue weighted by Gasteiger charge is -2.13. The zero-order chi connectivity index (χ0) is 16.8. The molecule has 0 aromatic carbocycles. The lowest BCUT2D eigenvalue weighted by Crippen LogP contribution is -2.38. The number of aliphatic imine (C=N–C) groups is 1. The van der Waals surface area contributed by atoms with Crippen LogP contribution in [0.2, 0.25) is 0 Å². The van der Waals surface area contributed by atoms with Crippen LogP contribution in [0.5, 0.6) is 0 Å². The van der Waals surface area contributed by atoms with Crippen molar-refractivity contribution in [3.63, 3.8) is 0 Å². The molecule has 23 heavy (non-hydrogen) atoms. The fourth-order valence-electron chi connectivity index (χ4n) is 2.29. The fraction of sp³-hybridized carbons (Fsp3) is 0.941. The summed E-state index contributed by atoms with van der Waals surface area (Å²) in [5.74, 6) is 1.44. The first-order valence-electron chi connectivity index (χ1n) is 8.94. The van der Waals surface area contributed by atoms with Crippen LogP contribution in [0.15, 0.2) is 4.99 Å². The van der Waals surface area contributed by atoms with Crippen LogP contribution in [-0.2, 0) is 14.2 Å². The third-order valence-corrected chi connectivity index (χ3v) is 3.52. The van der Waals surface area contributed by atoms with Gasteiger partial charge in [-0.05, 0) is 31.6 Å². The average molecular weight is 329 g/mol. The number of nitrogens with zero attached hydrogens (tertiary/aromatic N) is 1. The van der Waals surface area contributed by atoms with Gasteiger partial charge < -0.3 is 24.8 Å². The molecule has 1 atom stereocenters. The van der Waals surface area contributed by atoms with E-state index in [0.717, 1.165) is 71.3 Å². The molecule has 0 aromatic heterocycles. The lowest BCUT2D eigenvalue weighted by atomic mass is 10.2. The van der Waals surface area contributed by atoms with Crippen molar-refractivity contribution in [3.8, 4) is 0 Å². The summed E-state index contributed by atoms with van der Waals surface area (Å²) in [5.41, 5.74) is 0. The highest BCUT2D eigenvalue weighted by Gasteiger charge is 2.14. The molecule has 0 saturated carbocycles. The first kappa shape index (κ1) is 20.2. The third kappa shape index (κ3) is 11.3. The van der Waals surface area contributed by atoms with Gasteiger partial charge in [-0.2, -0.15) is 0 Å². The van der Waals surface area contributed by atoms with Crippen LogP contribution < -0.4 is 10.6 Å². The monoisotopic (exact) mass is 329 g/mol. The zero-order valence-electron chi connectivity index (χ0n) is 15.1. The van der Waals surface area contributed by atoms with Gasteiger partial charge in [-0.15, -0.1) is 0 Å². The molecule has 2 N–H and O–H groups in total. The molecule has 0 radical (unpaired) electrons. The Morgan fingerprint density at radius 3 is 2.43 bits per heavy atom. The maximum Gasteiger partial charge on any atom is 0.190 e. The van der Waals surface area contributed by atoms with Gasteiger partial charge in [-0.25, -0.2) is 0 Å². The van der Waals surface area contributed by atoms with Gasteiger partial charge in [0.1, 0.15) is 0 Å². The number of hydrogen-bond acceptors (Lipinski definition) is 4. The second-order valence-electron chi connectivity index (χ2n) is 6.31. The van der Waals surface area contributed by atoms with Crippen molar-refractivity contribution in [1.82, 2.24) is 10.6 Å². The highest BCUT2D eigenvalue weighted by Crippen LogP contribution is 2.11. The largest absolute Gasteiger partial charge is 0.381 e. The maximum atomic E-state index is 5.64. The van der Waals surface area contributed by atoms with Crippen molar-refractivity contribution in [2.75, 3.05) is 53.2 Å². The van der Waals surface area contributed by atoms with Crippen LogP contribution in [-0.4, -0.2) is 65.2 Å². The molecular formula is C17H35N3O3. The number of guanidine groups is 1. The molecule has 1 saturated heterocycles. The van der Waals surface area contributed by atoms with Gasteiger partial charge in [0.25, 0.3) is 0 Å². The van der Waals surface area contributed by atoms with E-state index in [0.29, 0.717) is 12.0 Å². The zero-order valence-corrected chi connectivity index (χ0v) is 15.1. The Kier molecular flexibility index (Phi) is 11.9. The molecule has 0 bridgehead atoms. The number of nitrogens with one attached hydrogen (secondary N) is 2. The predicted octanol–water partition coefficient (Wildman–Crippen LogP) is 1.80. The topological polar surface area (TPSA) is 64.1 Å². The molecule has 1 rings (SSSR count). The molecule has 1 aliphatic heterocycles. The van der Waals surface area contributed by atoms with Gasteiger partial charge in [0.05, 0.1) is 12.7 Å². The van der Waals surface area contributed by atoms with Gasteiger partial charge in [0, 0.05) is 46.6 Å². The molecule has 0 spiro atoms. The van der Waals surface area contributed by atoms with Crippen LogP contribution in [0.4, 0.5) is 0 Å². The minimum atomic E-state index is 0.315. The van der Waals surface area contributed by atoms with E-state index >= 15 is 0 Å². The highest BCUT2D eigenvalue weighted by molar-refractivity contribution is 5.79. The SMILES string of the molecule is CN=C(NCCCOCC(C)C)NCCCOCC1CCCO1. The van der Waals surface area contributed by atoms with Crippen molar-refractivity contribution in [2.24, 2.45) is 10.9 Å². The third-order valence-electron chi connectivity index (χ3n) is 3.52. The van der Waals surface area contributed by atoms with Gasteiger partial charge in [0.15, 0.2) is 5.96 Å². The summed E-state index contributed by atoms with van der Waals surface area (Å²) in [5, 5.41) is 6.59. The number of hydrogen-bond donors (Lipinski definition) is 2. The molecule has 6 nitrogen and oxygen atoms in total. The summed E-state index contributed by atoms with van der Waals surface area (Å²) in [4.78, 5) is 4.21. The summed E-state index contributed by atoms with van der Waals surface area (Å²) in [6, 6.07) is 0. The Morgan fingerprint density at radius 2 is 1.87 bits per heavy atom. The molecule has 1 aliphatic rings. The fourth-order valence-corrected chi connectivity index (χ4v) is 2.29. The van der Waals surface area contributed by atoms with Crippen molar-refractivity contribution in [3.05, 3.63) is 0 Å². The quantitative estimate of drug-likeness (QED) is 0.325. The molecule has 0 aliphatic carbocycles. The maximum absolute atomic E-state index is 5.64. The van der Waals surface area contributed by atoms with Gasteiger partial charge in [-0.3, -0.25) is 4.99 Å². The Balaban J connectivity index is 1.89. The average Bonchev–Trinajstić information content (AvgIpc) is 3.04. The van der Waals surface area contributed by atoms with E-state index in [4.69, 9.17) is 14.2 Å². The Hall–Kier alpha value is -0.850. The second-order valence-corrected chi connectivity index (χ2v) is 6.31. The lowest BCUT2D eigenvalue weighted by molar-refractivity contribution is 0.0168. The minimum absolute atomic E-state index is 0.315. The highest BCUT2D eigenvalue weighted by atomic mass is 16.5. The van der Waals surface area contributed by atoms with Crippen molar-refractivity contribution < 1.29 is 14.2 Å². The van der Waals surface area contributed by atoms with Gasteiger partial charge in [-0.1, -0.05) is 13.8 Å². The Bertz CT molecular complexity index is 305. The number of rotatable bonds is 12. The Morgan fingerprint density at radius 1 is 1.17 bits per heavy atom. The smallest absolute Gasteiger partial charge is 0.190 e. The Labute approximate surface area is 141 Å². The van der Waals surface area contributed by atoms with Crippen LogP contribution >= 0.6 is 0 Å². The van der Waals surface area contributed by atoms with Crippen molar-refractivity contribution in [2.45, 2.75) is 45.6 Å². The summed E-state index contributed by atoms with van der Waals surface area (Å²) < 4.78 is 16.7. The standard InChI is InChI=1S/C17H35N3O3/c1-15(2)13-21-10-5-8-19-17(18-3)20-9-6-11-22-14-16-7-4-12-23-16/h15-16H,4-14H2,1-3H3,(H2,18,19,20). The normalized spacial score (nSPS) is 18.6. The second kappa shape index (κ2) is 13.6. The van der Waals surface area contributed by atoms with E-state index in [1.807, 2.05) is 0 Å². The van der Waals surface area contributed by atoms with Crippen molar-refractivity contribution in [1.29, 1.82) is 0 Å². The summed E-state index contributed by atoms with van der Waals surface area (Å²) >= 11 is 0. The molecule has 1 unspecified atom stereocenters. The molecule has 0 amide bonds. The summed E-state index contributed by atoms with van der Waals surface area (Å²) in [6.07, 6.45) is 4.56. The molecule has 6 heteroatoms. The van der Waals surface area contributed by atoms with Gasteiger partial charge in [0.2, 0.25) is 0 Å². The van der Waals surface area contributed by atoms with Crippen LogP contribution in [0.3, 0.4) is 0 Å². The van der Waals surface area contributed by atoms with E-state index in [1.165, 1.54) is 6.42 Å². The van der Waals surface area contributed by atoms with Gasteiger partial charge >= 0.3 is 0 Å². The van der Waals surface area contributed by atoms with E-state index < -0.39 is 0 Å². The summed E-state index contributed by atoms with van der Waals surface area (Å²) in [6.45, 7) is 10.0. The molecular weight excluding hydrogens is 294 g/mol. The minimum Gasteiger partial charge on any atom is -0.381 e. The van der Waals surface area contributed by atoms with E-state index in [9.17, 15) is 0 Å². The summed E-state index contributed by atoms with van der Waals surface area (Å²) in [7, 11) is 1.79. The number of ether oxygens (including phenoxy) is 3.